The summed E-state index contributed by atoms with van der Waals surface area (Å²) in [4.78, 5) is 0. The van der Waals surface area contributed by atoms with Gasteiger partial charge in [-0.25, -0.2) is 0 Å². The Morgan fingerprint density at radius 1 is 1.22 bits per heavy atom. The summed E-state index contributed by atoms with van der Waals surface area (Å²) in [5, 5.41) is 9.91. The second-order valence-electron chi connectivity index (χ2n) is 5.18. The van der Waals surface area contributed by atoms with Crippen LogP contribution < -0.4 is 5.73 Å². The number of rotatable bonds is 6. The van der Waals surface area contributed by atoms with E-state index in [1.54, 1.807) is 12.1 Å². The lowest BCUT2D eigenvalue weighted by molar-refractivity contribution is -0.0476. The van der Waals surface area contributed by atoms with Crippen LogP contribution in [-0.4, -0.2) is 30.5 Å². The lowest BCUT2D eigenvalue weighted by Crippen LogP contribution is -2.22. The minimum Gasteiger partial charge on any atom is -0.398 e. The highest BCUT2D eigenvalue weighted by molar-refractivity contribution is 5.47. The molecule has 0 aliphatic rings. The molecule has 1 aromatic rings. The Kier molecular flexibility index (Phi) is 5.59. The van der Waals surface area contributed by atoms with E-state index in [1.807, 2.05) is 32.9 Å². The molecule has 102 valence electrons. The van der Waals surface area contributed by atoms with Gasteiger partial charge in [-0.15, -0.1) is 0 Å². The first-order chi connectivity index (χ1) is 8.40. The fraction of sp³-hybridized carbons (Fsp3) is 0.571. The highest BCUT2D eigenvalue weighted by Gasteiger charge is 2.12. The summed E-state index contributed by atoms with van der Waals surface area (Å²) in [6, 6.07) is 7.25. The van der Waals surface area contributed by atoms with Gasteiger partial charge in [0.2, 0.25) is 0 Å². The predicted octanol–water partition coefficient (Wildman–Crippen LogP) is 2.13. The molecule has 4 nitrogen and oxygen atoms in total. The van der Waals surface area contributed by atoms with Crippen LogP contribution in [0.15, 0.2) is 24.3 Å². The van der Waals surface area contributed by atoms with Crippen molar-refractivity contribution in [3.8, 4) is 0 Å². The van der Waals surface area contributed by atoms with Crippen molar-refractivity contribution in [2.24, 2.45) is 0 Å². The number of aliphatic hydroxyl groups is 1. The molecule has 0 amide bonds. The molecule has 0 fully saturated rings. The number of nitrogen functional groups attached to an aromatic ring is 1. The lowest BCUT2D eigenvalue weighted by atomic mass is 10.1. The molecule has 18 heavy (non-hydrogen) atoms. The first kappa shape index (κ1) is 15.0. The van der Waals surface area contributed by atoms with E-state index in [1.165, 1.54) is 0 Å². The Hall–Kier alpha value is -1.10. The highest BCUT2D eigenvalue weighted by Crippen LogP contribution is 2.19. The zero-order valence-electron chi connectivity index (χ0n) is 11.3. The fourth-order valence-corrected chi connectivity index (χ4v) is 1.51. The number of para-hydroxylation sites is 1. The third-order valence-electron chi connectivity index (χ3n) is 2.39. The van der Waals surface area contributed by atoms with Gasteiger partial charge in [0, 0.05) is 11.3 Å². The van der Waals surface area contributed by atoms with Crippen molar-refractivity contribution in [2.75, 3.05) is 25.6 Å². The molecule has 0 spiro atoms. The highest BCUT2D eigenvalue weighted by atomic mass is 16.5. The summed E-state index contributed by atoms with van der Waals surface area (Å²) in [5.74, 6) is 0. The van der Waals surface area contributed by atoms with Crippen LogP contribution in [0.2, 0.25) is 0 Å². The molecule has 0 bridgehead atoms. The quantitative estimate of drug-likeness (QED) is 0.602. The number of hydrogen-bond acceptors (Lipinski definition) is 4. The van der Waals surface area contributed by atoms with E-state index in [2.05, 4.69) is 0 Å². The van der Waals surface area contributed by atoms with Gasteiger partial charge >= 0.3 is 0 Å². The van der Waals surface area contributed by atoms with Crippen LogP contribution in [0, 0.1) is 0 Å². The fourth-order valence-electron chi connectivity index (χ4n) is 1.51. The molecule has 3 N–H and O–H groups in total. The number of ether oxygens (including phenoxy) is 2. The molecule has 0 aliphatic heterocycles. The molecule has 0 radical (unpaired) electrons. The predicted molar refractivity (Wildman–Crippen MR) is 72.3 cm³/mol. The molecule has 1 unspecified atom stereocenters. The van der Waals surface area contributed by atoms with Gasteiger partial charge in [-0.3, -0.25) is 0 Å². The summed E-state index contributed by atoms with van der Waals surface area (Å²) >= 11 is 0. The molecule has 0 saturated carbocycles. The lowest BCUT2D eigenvalue weighted by Gasteiger charge is -2.20. The molecule has 0 heterocycles. The topological polar surface area (TPSA) is 64.7 Å². The van der Waals surface area contributed by atoms with E-state index in [0.29, 0.717) is 24.5 Å². The first-order valence-electron chi connectivity index (χ1n) is 6.14. The Bertz CT molecular complexity index is 360. The van der Waals surface area contributed by atoms with Crippen LogP contribution in [0.25, 0.3) is 0 Å². The second kappa shape index (κ2) is 6.73. The molecule has 0 aliphatic carbocycles. The van der Waals surface area contributed by atoms with Crippen molar-refractivity contribution in [3.05, 3.63) is 29.8 Å². The van der Waals surface area contributed by atoms with Crippen molar-refractivity contribution in [1.29, 1.82) is 0 Å². The minimum absolute atomic E-state index is 0.161. The van der Waals surface area contributed by atoms with Gasteiger partial charge < -0.3 is 20.3 Å². The average molecular weight is 253 g/mol. The van der Waals surface area contributed by atoms with Crippen molar-refractivity contribution in [1.82, 2.24) is 0 Å². The maximum atomic E-state index is 9.91. The van der Waals surface area contributed by atoms with Gasteiger partial charge in [0.15, 0.2) is 0 Å². The number of aliphatic hydroxyl groups excluding tert-OH is 1. The second-order valence-corrected chi connectivity index (χ2v) is 5.18. The van der Waals surface area contributed by atoms with Gasteiger partial charge in [-0.1, -0.05) is 18.2 Å². The Morgan fingerprint density at radius 2 is 1.89 bits per heavy atom. The van der Waals surface area contributed by atoms with Gasteiger partial charge in [0.05, 0.1) is 25.4 Å². The van der Waals surface area contributed by atoms with Gasteiger partial charge in [-0.2, -0.15) is 0 Å². The van der Waals surface area contributed by atoms with E-state index in [4.69, 9.17) is 15.2 Å². The Labute approximate surface area is 109 Å². The number of nitrogens with two attached hydrogens (primary N) is 1. The van der Waals surface area contributed by atoms with E-state index >= 15 is 0 Å². The zero-order valence-corrected chi connectivity index (χ0v) is 11.3. The Balaban J connectivity index is 2.26. The summed E-state index contributed by atoms with van der Waals surface area (Å²) in [7, 11) is 0. The van der Waals surface area contributed by atoms with Crippen molar-refractivity contribution >= 4 is 5.69 Å². The summed E-state index contributed by atoms with van der Waals surface area (Å²) in [5.41, 5.74) is 6.89. The minimum atomic E-state index is -0.694. The van der Waals surface area contributed by atoms with Gasteiger partial charge in [-0.05, 0) is 26.8 Å². The standard InChI is InChI=1S/C14H23NO3/c1-14(2,3)18-9-8-17-10-13(16)11-6-4-5-7-12(11)15/h4-7,13,16H,8-10,15H2,1-3H3. The third kappa shape index (κ3) is 5.49. The van der Waals surface area contributed by atoms with Crippen molar-refractivity contribution in [3.63, 3.8) is 0 Å². The largest absolute Gasteiger partial charge is 0.398 e. The molecule has 1 aromatic carbocycles. The molecule has 1 atom stereocenters. The van der Waals surface area contributed by atoms with Crippen molar-refractivity contribution in [2.45, 2.75) is 32.5 Å². The van der Waals surface area contributed by atoms with Crippen LogP contribution in [0.1, 0.15) is 32.4 Å². The molecule has 1 rings (SSSR count). The molecule has 0 aromatic heterocycles. The maximum Gasteiger partial charge on any atom is 0.104 e. The number of hydrogen-bond donors (Lipinski definition) is 2. The summed E-state index contributed by atoms with van der Waals surface area (Å²) in [6.45, 7) is 7.18. The van der Waals surface area contributed by atoms with E-state index in [0.717, 1.165) is 0 Å². The van der Waals surface area contributed by atoms with Crippen molar-refractivity contribution < 1.29 is 14.6 Å². The molecular formula is C14H23NO3. The molecule has 4 heteroatoms. The average Bonchev–Trinajstić information content (AvgIpc) is 2.27. The molecular weight excluding hydrogens is 230 g/mol. The smallest absolute Gasteiger partial charge is 0.104 e. The zero-order chi connectivity index (χ0) is 13.6. The number of anilines is 1. The van der Waals surface area contributed by atoms with E-state index in [-0.39, 0.29) is 12.2 Å². The van der Waals surface area contributed by atoms with Gasteiger partial charge in [0.25, 0.3) is 0 Å². The van der Waals surface area contributed by atoms with Crippen LogP contribution in [0.4, 0.5) is 5.69 Å². The number of benzene rings is 1. The van der Waals surface area contributed by atoms with E-state index < -0.39 is 6.10 Å². The summed E-state index contributed by atoms with van der Waals surface area (Å²) < 4.78 is 10.9. The Morgan fingerprint density at radius 3 is 2.50 bits per heavy atom. The monoisotopic (exact) mass is 253 g/mol. The van der Waals surface area contributed by atoms with Crippen LogP contribution >= 0.6 is 0 Å². The van der Waals surface area contributed by atoms with E-state index in [9.17, 15) is 5.11 Å². The van der Waals surface area contributed by atoms with Crippen LogP contribution in [0.3, 0.4) is 0 Å². The van der Waals surface area contributed by atoms with Crippen LogP contribution in [0.5, 0.6) is 0 Å². The molecule has 0 saturated heterocycles. The third-order valence-corrected chi connectivity index (χ3v) is 2.39. The summed E-state index contributed by atoms with van der Waals surface area (Å²) in [6.07, 6.45) is -0.694. The van der Waals surface area contributed by atoms with Gasteiger partial charge in [0.1, 0.15) is 6.10 Å². The SMILES string of the molecule is CC(C)(C)OCCOCC(O)c1ccccc1N. The van der Waals surface area contributed by atoms with Crippen LogP contribution in [-0.2, 0) is 9.47 Å². The maximum absolute atomic E-state index is 9.91. The first-order valence-corrected chi connectivity index (χ1v) is 6.14. The normalized spacial score (nSPS) is 13.6.